The topological polar surface area (TPSA) is 142 Å². The van der Waals surface area contributed by atoms with Crippen molar-refractivity contribution in [1.82, 2.24) is 25.1 Å². The summed E-state index contributed by atoms with van der Waals surface area (Å²) >= 11 is 1.32. The van der Waals surface area contributed by atoms with Gasteiger partial charge < -0.3 is 20.9 Å². The summed E-state index contributed by atoms with van der Waals surface area (Å²) in [7, 11) is 5.32. The van der Waals surface area contributed by atoms with Crippen molar-refractivity contribution < 1.29 is 23.6 Å². The molecular formula is C24H30FN7O4S. The smallest absolute Gasteiger partial charge is 0.317 e. The number of primary amides is 1. The van der Waals surface area contributed by atoms with Crippen LogP contribution < -0.4 is 16.0 Å². The lowest BCUT2D eigenvalue weighted by Gasteiger charge is -2.41. The lowest BCUT2D eigenvalue weighted by molar-refractivity contribution is -0.136. The minimum absolute atomic E-state index is 0.0274. The number of nitrogens with two attached hydrogens (primary N) is 1. The second-order valence-electron chi connectivity index (χ2n) is 9.64. The van der Waals surface area contributed by atoms with Crippen LogP contribution in [0.3, 0.4) is 0 Å². The number of hydrogen-bond donors (Lipinski definition) is 2. The van der Waals surface area contributed by atoms with E-state index < -0.39 is 41.5 Å². The van der Waals surface area contributed by atoms with Crippen molar-refractivity contribution >= 4 is 40.8 Å². The first-order valence-corrected chi connectivity index (χ1v) is 12.8. The molecule has 11 nitrogen and oxygen atoms in total. The second kappa shape index (κ2) is 10.9. The van der Waals surface area contributed by atoms with Crippen LogP contribution in [0.1, 0.15) is 39.6 Å². The van der Waals surface area contributed by atoms with Crippen LogP contribution in [0.4, 0.5) is 10.2 Å². The van der Waals surface area contributed by atoms with Gasteiger partial charge in [0, 0.05) is 44.4 Å². The monoisotopic (exact) mass is 531 g/mol. The number of anilines is 1. The largest absolute Gasteiger partial charge is 0.361 e. The standard InChI is InChI=1S/C24H30FN7O4S/c1-30(2)23(35)13-4-6-17(32(24(36)20(26)33)19-7-5-14(25)11-27-19)16(10-13)28-21(34)22-29-15-8-9-31(3)12-18(15)37-22/h5,7,11,13,16-17H,4,6,8-10,12H2,1-3H3,(H2,26,33)(H,28,34). The molecule has 1 fully saturated rings. The van der Waals surface area contributed by atoms with Crippen molar-refractivity contribution in [2.75, 3.05) is 32.6 Å². The first kappa shape index (κ1) is 26.6. The van der Waals surface area contributed by atoms with Crippen LogP contribution in [0.5, 0.6) is 0 Å². The number of carbonyl (C=O) groups excluding carboxylic acids is 4. The quantitative estimate of drug-likeness (QED) is 0.536. The van der Waals surface area contributed by atoms with E-state index in [9.17, 15) is 23.6 Å². The van der Waals surface area contributed by atoms with Gasteiger partial charge in [-0.2, -0.15) is 0 Å². The fourth-order valence-corrected chi connectivity index (χ4v) is 6.00. The summed E-state index contributed by atoms with van der Waals surface area (Å²) in [6.07, 6.45) is 2.60. The molecule has 13 heteroatoms. The number of carbonyl (C=O) groups is 4. The van der Waals surface area contributed by atoms with E-state index in [4.69, 9.17) is 5.73 Å². The van der Waals surface area contributed by atoms with Gasteiger partial charge >= 0.3 is 11.8 Å². The Hall–Kier alpha value is -3.45. The van der Waals surface area contributed by atoms with E-state index in [2.05, 4.69) is 20.2 Å². The third-order valence-electron chi connectivity index (χ3n) is 6.76. The zero-order chi connectivity index (χ0) is 26.9. The van der Waals surface area contributed by atoms with Crippen molar-refractivity contribution in [2.24, 2.45) is 11.7 Å². The molecule has 0 aromatic carbocycles. The Labute approximate surface area is 217 Å². The molecular weight excluding hydrogens is 501 g/mol. The van der Waals surface area contributed by atoms with Gasteiger partial charge in [0.05, 0.1) is 24.0 Å². The Bertz CT molecular complexity index is 1200. The first-order chi connectivity index (χ1) is 17.5. The molecule has 3 atom stereocenters. The zero-order valence-electron chi connectivity index (χ0n) is 20.9. The second-order valence-corrected chi connectivity index (χ2v) is 10.7. The Balaban J connectivity index is 1.66. The highest BCUT2D eigenvalue weighted by molar-refractivity contribution is 7.13. The molecule has 2 aliphatic rings. The van der Waals surface area contributed by atoms with Gasteiger partial charge in [-0.15, -0.1) is 11.3 Å². The summed E-state index contributed by atoms with van der Waals surface area (Å²) < 4.78 is 13.6. The summed E-state index contributed by atoms with van der Waals surface area (Å²) in [5.74, 6) is -3.75. The third kappa shape index (κ3) is 5.77. The van der Waals surface area contributed by atoms with Crippen molar-refractivity contribution in [3.8, 4) is 0 Å². The molecule has 1 aliphatic heterocycles. The molecule has 1 aliphatic carbocycles. The molecule has 2 aromatic rings. The minimum atomic E-state index is -1.21. The van der Waals surface area contributed by atoms with Crippen LogP contribution in [0.25, 0.3) is 0 Å². The van der Waals surface area contributed by atoms with Crippen molar-refractivity contribution in [3.05, 3.63) is 39.7 Å². The summed E-state index contributed by atoms with van der Waals surface area (Å²) in [4.78, 5) is 65.3. The van der Waals surface area contributed by atoms with E-state index >= 15 is 0 Å². The van der Waals surface area contributed by atoms with Crippen LogP contribution >= 0.6 is 11.3 Å². The predicted molar refractivity (Wildman–Crippen MR) is 134 cm³/mol. The summed E-state index contributed by atoms with van der Waals surface area (Å²) in [6, 6.07) is 0.940. The highest BCUT2D eigenvalue weighted by Gasteiger charge is 2.42. The number of halogens is 1. The first-order valence-electron chi connectivity index (χ1n) is 12.0. The average molecular weight is 532 g/mol. The number of nitrogens with zero attached hydrogens (tertiary/aromatic N) is 5. The van der Waals surface area contributed by atoms with Crippen molar-refractivity contribution in [1.29, 1.82) is 0 Å². The Morgan fingerprint density at radius 1 is 1.22 bits per heavy atom. The Morgan fingerprint density at radius 3 is 2.62 bits per heavy atom. The number of pyridine rings is 1. The van der Waals surface area contributed by atoms with E-state index in [-0.39, 0.29) is 24.6 Å². The maximum absolute atomic E-state index is 13.6. The summed E-state index contributed by atoms with van der Waals surface area (Å²) in [6.45, 7) is 1.56. The lowest BCUT2D eigenvalue weighted by Crippen LogP contribution is -2.59. The minimum Gasteiger partial charge on any atom is -0.361 e. The molecule has 4 rings (SSSR count). The number of thiazole rings is 1. The molecule has 0 bridgehead atoms. The van der Waals surface area contributed by atoms with E-state index in [1.165, 1.54) is 22.3 Å². The van der Waals surface area contributed by atoms with Crippen molar-refractivity contribution in [3.63, 3.8) is 0 Å². The maximum atomic E-state index is 13.6. The van der Waals surface area contributed by atoms with Crippen LogP contribution in [0, 0.1) is 11.7 Å². The third-order valence-corrected chi connectivity index (χ3v) is 7.84. The van der Waals surface area contributed by atoms with Gasteiger partial charge in [0.25, 0.3) is 5.91 Å². The van der Waals surface area contributed by atoms with Gasteiger partial charge in [0.15, 0.2) is 5.01 Å². The number of hydrogen-bond acceptors (Lipinski definition) is 8. The number of aromatic nitrogens is 2. The lowest BCUT2D eigenvalue weighted by atomic mass is 9.80. The fourth-order valence-electron chi connectivity index (χ4n) is 4.91. The van der Waals surface area contributed by atoms with Gasteiger partial charge in [0.2, 0.25) is 5.91 Å². The molecule has 198 valence electrons. The van der Waals surface area contributed by atoms with Gasteiger partial charge in [0.1, 0.15) is 11.6 Å². The number of likely N-dealkylation sites (N-methyl/N-ethyl adjacent to an activating group) is 1. The molecule has 3 N–H and O–H groups in total. The van der Waals surface area contributed by atoms with Gasteiger partial charge in [-0.25, -0.2) is 14.4 Å². The Morgan fingerprint density at radius 2 is 1.97 bits per heavy atom. The van der Waals surface area contributed by atoms with Crippen LogP contribution in [0.15, 0.2) is 18.3 Å². The van der Waals surface area contributed by atoms with Gasteiger partial charge in [-0.3, -0.25) is 24.1 Å². The molecule has 3 heterocycles. The number of amides is 4. The van der Waals surface area contributed by atoms with E-state index in [0.717, 1.165) is 40.7 Å². The molecule has 3 unspecified atom stereocenters. The number of nitrogens with one attached hydrogen (secondary N) is 1. The van der Waals surface area contributed by atoms with Crippen LogP contribution in [0.2, 0.25) is 0 Å². The molecule has 0 saturated heterocycles. The van der Waals surface area contributed by atoms with Gasteiger partial charge in [-0.1, -0.05) is 0 Å². The predicted octanol–water partition coefficient (Wildman–Crippen LogP) is 0.539. The normalized spacial score (nSPS) is 21.6. The SMILES string of the molecule is CN1CCc2nc(C(=O)NC3CC(C(=O)N(C)C)CCC3N(C(=O)C(N)=O)c3ccc(F)cn3)sc2C1. The van der Waals surface area contributed by atoms with Crippen LogP contribution in [-0.4, -0.2) is 83.2 Å². The highest BCUT2D eigenvalue weighted by Crippen LogP contribution is 2.32. The number of fused-ring (bicyclic) bond motifs is 1. The molecule has 4 amide bonds. The molecule has 0 radical (unpaired) electrons. The van der Waals surface area contributed by atoms with Crippen molar-refractivity contribution in [2.45, 2.75) is 44.3 Å². The molecule has 0 spiro atoms. The number of rotatable bonds is 5. The van der Waals surface area contributed by atoms with Gasteiger partial charge in [-0.05, 0) is 38.4 Å². The summed E-state index contributed by atoms with van der Waals surface area (Å²) in [5.41, 5.74) is 6.24. The average Bonchev–Trinajstić information content (AvgIpc) is 3.29. The van der Waals surface area contributed by atoms with Crippen LogP contribution in [-0.2, 0) is 27.3 Å². The highest BCUT2D eigenvalue weighted by atomic mass is 32.1. The van der Waals surface area contributed by atoms with E-state index in [0.29, 0.717) is 18.0 Å². The molecule has 1 saturated carbocycles. The molecule has 37 heavy (non-hydrogen) atoms. The maximum Gasteiger partial charge on any atom is 0.317 e. The molecule has 2 aromatic heterocycles. The fraction of sp³-hybridized carbons (Fsp3) is 0.500. The summed E-state index contributed by atoms with van der Waals surface area (Å²) in [5, 5.41) is 3.26. The Kier molecular flexibility index (Phi) is 7.83. The zero-order valence-corrected chi connectivity index (χ0v) is 21.8. The van der Waals surface area contributed by atoms with E-state index in [1.807, 2.05) is 7.05 Å². The van der Waals surface area contributed by atoms with E-state index in [1.54, 1.807) is 14.1 Å².